The van der Waals surface area contributed by atoms with Crippen molar-refractivity contribution >= 4 is 5.97 Å². The van der Waals surface area contributed by atoms with Crippen molar-refractivity contribution in [1.82, 2.24) is 0 Å². The lowest BCUT2D eigenvalue weighted by Gasteiger charge is -2.30. The van der Waals surface area contributed by atoms with Gasteiger partial charge in [0.15, 0.2) is 0 Å². The summed E-state index contributed by atoms with van der Waals surface area (Å²) < 4.78 is 17.0. The van der Waals surface area contributed by atoms with E-state index in [0.717, 1.165) is 38.5 Å². The zero-order valence-electron chi connectivity index (χ0n) is 12.4. The molecule has 4 aliphatic rings. The highest BCUT2D eigenvalue weighted by molar-refractivity contribution is 5.78. The second kappa shape index (κ2) is 4.20. The molecule has 2 aliphatic heterocycles. The molecule has 0 N–H and O–H groups in total. The Bertz CT molecular complexity index is 436. The molecule has 0 radical (unpaired) electrons. The smallest absolute Gasteiger partial charge is 0.314 e. The van der Waals surface area contributed by atoms with Crippen molar-refractivity contribution in [1.29, 1.82) is 0 Å². The fourth-order valence-electron chi connectivity index (χ4n) is 4.35. The van der Waals surface area contributed by atoms with Gasteiger partial charge in [-0.3, -0.25) is 4.79 Å². The molecule has 6 atom stereocenters. The van der Waals surface area contributed by atoms with Gasteiger partial charge >= 0.3 is 5.97 Å². The molecule has 4 rings (SSSR count). The number of esters is 1. The van der Waals surface area contributed by atoms with Gasteiger partial charge in [-0.15, -0.1) is 0 Å². The summed E-state index contributed by atoms with van der Waals surface area (Å²) >= 11 is 0. The van der Waals surface area contributed by atoms with Crippen LogP contribution in [0.5, 0.6) is 0 Å². The van der Waals surface area contributed by atoms with Gasteiger partial charge in [0.25, 0.3) is 0 Å². The van der Waals surface area contributed by atoms with Gasteiger partial charge in [0.1, 0.15) is 0 Å². The van der Waals surface area contributed by atoms with Crippen LogP contribution in [0.1, 0.15) is 52.4 Å². The molecule has 112 valence electrons. The second-order valence-electron chi connectivity index (χ2n) is 7.57. The molecule has 0 aromatic rings. The van der Waals surface area contributed by atoms with Crippen LogP contribution in [0, 0.1) is 11.3 Å². The zero-order chi connectivity index (χ0) is 14.0. The van der Waals surface area contributed by atoms with E-state index in [1.165, 1.54) is 0 Å². The average molecular weight is 280 g/mol. The van der Waals surface area contributed by atoms with Crippen molar-refractivity contribution < 1.29 is 19.0 Å². The van der Waals surface area contributed by atoms with Gasteiger partial charge < -0.3 is 14.2 Å². The summed E-state index contributed by atoms with van der Waals surface area (Å²) in [6.07, 6.45) is 7.24. The number of epoxide rings is 2. The molecule has 2 heterocycles. The van der Waals surface area contributed by atoms with E-state index in [-0.39, 0.29) is 17.7 Å². The summed E-state index contributed by atoms with van der Waals surface area (Å²) in [7, 11) is 0. The Morgan fingerprint density at radius 1 is 1.30 bits per heavy atom. The third-order valence-corrected chi connectivity index (χ3v) is 5.88. The molecule has 20 heavy (non-hydrogen) atoms. The predicted octanol–water partition coefficient (Wildman–Crippen LogP) is 2.44. The minimum absolute atomic E-state index is 0.0475. The number of ether oxygens (including phenoxy) is 3. The van der Waals surface area contributed by atoms with Gasteiger partial charge in [-0.05, 0) is 58.3 Å². The molecular formula is C16H24O4. The van der Waals surface area contributed by atoms with Gasteiger partial charge in [-0.25, -0.2) is 0 Å². The van der Waals surface area contributed by atoms with Crippen LogP contribution < -0.4 is 0 Å². The van der Waals surface area contributed by atoms with Crippen molar-refractivity contribution in [3.63, 3.8) is 0 Å². The van der Waals surface area contributed by atoms with E-state index in [0.29, 0.717) is 24.7 Å². The lowest BCUT2D eigenvalue weighted by Crippen LogP contribution is -2.39. The molecule has 4 fully saturated rings. The van der Waals surface area contributed by atoms with Crippen molar-refractivity contribution in [2.24, 2.45) is 11.3 Å². The summed E-state index contributed by atoms with van der Waals surface area (Å²) in [5.74, 6) is 0.416. The van der Waals surface area contributed by atoms with Crippen LogP contribution in [0.3, 0.4) is 0 Å². The highest BCUT2D eigenvalue weighted by Gasteiger charge is 2.59. The Morgan fingerprint density at radius 2 is 2.15 bits per heavy atom. The van der Waals surface area contributed by atoms with E-state index >= 15 is 0 Å². The zero-order valence-corrected chi connectivity index (χ0v) is 12.4. The quantitative estimate of drug-likeness (QED) is 0.588. The summed E-state index contributed by atoms with van der Waals surface area (Å²) in [4.78, 5) is 12.4. The Hall–Kier alpha value is -0.610. The first kappa shape index (κ1) is 13.1. The number of hydrogen-bond acceptors (Lipinski definition) is 4. The third-order valence-electron chi connectivity index (χ3n) is 5.88. The van der Waals surface area contributed by atoms with Crippen LogP contribution in [0.4, 0.5) is 0 Å². The summed E-state index contributed by atoms with van der Waals surface area (Å²) in [5.41, 5.74) is -0.325. The predicted molar refractivity (Wildman–Crippen MR) is 72.2 cm³/mol. The Labute approximate surface area is 120 Å². The van der Waals surface area contributed by atoms with E-state index in [2.05, 4.69) is 6.92 Å². The highest BCUT2D eigenvalue weighted by Crippen LogP contribution is 2.51. The lowest BCUT2D eigenvalue weighted by atomic mass is 9.75. The molecule has 0 spiro atoms. The summed E-state index contributed by atoms with van der Waals surface area (Å²) in [6, 6.07) is 0. The van der Waals surface area contributed by atoms with Gasteiger partial charge in [-0.2, -0.15) is 0 Å². The Kier molecular flexibility index (Phi) is 2.75. The Morgan fingerprint density at radius 3 is 2.95 bits per heavy atom. The van der Waals surface area contributed by atoms with E-state index in [4.69, 9.17) is 14.2 Å². The van der Waals surface area contributed by atoms with Crippen LogP contribution in [-0.4, -0.2) is 36.5 Å². The minimum atomic E-state index is -0.403. The molecule has 4 nitrogen and oxygen atoms in total. The van der Waals surface area contributed by atoms with E-state index in [1.54, 1.807) is 0 Å². The number of hydrogen-bond donors (Lipinski definition) is 0. The molecule has 0 amide bonds. The highest BCUT2D eigenvalue weighted by atomic mass is 16.6. The number of carbonyl (C=O) groups is 1. The maximum Gasteiger partial charge on any atom is 0.314 e. The number of carbonyl (C=O) groups excluding carboxylic acids is 1. The monoisotopic (exact) mass is 280 g/mol. The molecule has 6 unspecified atom stereocenters. The molecule has 0 aromatic heterocycles. The van der Waals surface area contributed by atoms with E-state index in [9.17, 15) is 4.79 Å². The normalized spacial score (nSPS) is 52.7. The van der Waals surface area contributed by atoms with E-state index in [1.807, 2.05) is 6.92 Å². The van der Waals surface area contributed by atoms with Gasteiger partial charge in [0.2, 0.25) is 0 Å². The van der Waals surface area contributed by atoms with Crippen molar-refractivity contribution in [2.75, 3.05) is 6.61 Å². The van der Waals surface area contributed by atoms with Gasteiger partial charge in [0.05, 0.1) is 35.9 Å². The van der Waals surface area contributed by atoms with Crippen LogP contribution in [0.25, 0.3) is 0 Å². The standard InChI is InChI=1S/C16H24O4/c1-15(7-3-4-11-13(15)19-11)14(17)18-9-10-5-6-12-16(2,8-10)20-12/h10-13H,3-9H2,1-2H3. The molecule has 2 saturated carbocycles. The number of rotatable bonds is 3. The second-order valence-corrected chi connectivity index (χ2v) is 7.57. The van der Waals surface area contributed by atoms with Crippen LogP contribution in [0.2, 0.25) is 0 Å². The largest absolute Gasteiger partial charge is 0.465 e. The fraction of sp³-hybridized carbons (Fsp3) is 0.938. The lowest BCUT2D eigenvalue weighted by molar-refractivity contribution is -0.159. The first-order valence-electron chi connectivity index (χ1n) is 8.02. The SMILES string of the molecule is CC12CC(COC(=O)C3(C)CCCC4OC43)CCC1O2. The van der Waals surface area contributed by atoms with Crippen molar-refractivity contribution in [3.05, 3.63) is 0 Å². The number of fused-ring (bicyclic) bond motifs is 2. The fourth-order valence-corrected chi connectivity index (χ4v) is 4.35. The molecule has 0 aromatic carbocycles. The van der Waals surface area contributed by atoms with Crippen LogP contribution in [0.15, 0.2) is 0 Å². The molecule has 2 aliphatic carbocycles. The first-order chi connectivity index (χ1) is 9.51. The van der Waals surface area contributed by atoms with Crippen LogP contribution in [-0.2, 0) is 19.0 Å². The topological polar surface area (TPSA) is 51.4 Å². The van der Waals surface area contributed by atoms with Gasteiger partial charge in [-0.1, -0.05) is 0 Å². The molecule has 4 heteroatoms. The average Bonchev–Trinajstić information content (AvgIpc) is 3.29. The molecule has 0 bridgehead atoms. The van der Waals surface area contributed by atoms with Crippen LogP contribution >= 0.6 is 0 Å². The van der Waals surface area contributed by atoms with Gasteiger partial charge in [0, 0.05) is 0 Å². The summed E-state index contributed by atoms with van der Waals surface area (Å²) in [6.45, 7) is 4.75. The maximum atomic E-state index is 12.4. The maximum absolute atomic E-state index is 12.4. The minimum Gasteiger partial charge on any atom is -0.465 e. The van der Waals surface area contributed by atoms with Crippen molar-refractivity contribution in [2.45, 2.75) is 76.3 Å². The first-order valence-corrected chi connectivity index (χ1v) is 8.02. The summed E-state index contributed by atoms with van der Waals surface area (Å²) in [5, 5.41) is 0. The third kappa shape index (κ3) is 2.00. The molecular weight excluding hydrogens is 256 g/mol. The van der Waals surface area contributed by atoms with Crippen molar-refractivity contribution in [3.8, 4) is 0 Å². The Balaban J connectivity index is 1.32. The van der Waals surface area contributed by atoms with E-state index < -0.39 is 5.41 Å². The molecule has 2 saturated heterocycles.